The lowest BCUT2D eigenvalue weighted by atomic mass is 9.95. The number of hydrogen-bond acceptors (Lipinski definition) is 5. The summed E-state index contributed by atoms with van der Waals surface area (Å²) in [6.07, 6.45) is 3.20. The molecule has 1 aromatic rings. The summed E-state index contributed by atoms with van der Waals surface area (Å²) >= 11 is 0. The third-order valence-corrected chi connectivity index (χ3v) is 3.55. The summed E-state index contributed by atoms with van der Waals surface area (Å²) in [6.45, 7) is 7.26. The Bertz CT molecular complexity index is 366. The monoisotopic (exact) mass is 239 g/mol. The van der Waals surface area contributed by atoms with Crippen LogP contribution in [0, 0.1) is 0 Å². The molecule has 2 heterocycles. The molecule has 0 aromatic carbocycles. The van der Waals surface area contributed by atoms with E-state index >= 15 is 0 Å². The minimum absolute atomic E-state index is 0.0806. The fourth-order valence-corrected chi connectivity index (χ4v) is 2.06. The summed E-state index contributed by atoms with van der Waals surface area (Å²) in [7, 11) is 0. The van der Waals surface area contributed by atoms with E-state index in [1.54, 1.807) is 0 Å². The fraction of sp³-hybridized carbons (Fsp3) is 0.818. The van der Waals surface area contributed by atoms with Crippen molar-refractivity contribution in [1.82, 2.24) is 20.3 Å². The van der Waals surface area contributed by atoms with Crippen LogP contribution in [0.15, 0.2) is 6.20 Å². The van der Waals surface area contributed by atoms with Crippen LogP contribution in [0.3, 0.4) is 0 Å². The summed E-state index contributed by atoms with van der Waals surface area (Å²) in [4.78, 5) is 0. The van der Waals surface area contributed by atoms with E-state index < -0.39 is 0 Å². The SMILES string of the molecule is CC1OCCC1(C)NCCn1cc(CN)nn1. The van der Waals surface area contributed by atoms with Crippen LogP contribution in [0.4, 0.5) is 0 Å². The van der Waals surface area contributed by atoms with Crippen molar-refractivity contribution >= 4 is 0 Å². The van der Waals surface area contributed by atoms with Gasteiger partial charge in [0.15, 0.2) is 0 Å². The highest BCUT2D eigenvalue weighted by molar-refractivity contribution is 4.94. The Morgan fingerprint density at radius 1 is 1.71 bits per heavy atom. The average Bonchev–Trinajstić information content (AvgIpc) is 2.88. The van der Waals surface area contributed by atoms with Crippen LogP contribution >= 0.6 is 0 Å². The van der Waals surface area contributed by atoms with Gasteiger partial charge in [0, 0.05) is 31.4 Å². The molecule has 96 valence electrons. The van der Waals surface area contributed by atoms with Gasteiger partial charge in [-0.15, -0.1) is 5.10 Å². The van der Waals surface area contributed by atoms with Gasteiger partial charge in [-0.05, 0) is 20.3 Å². The maximum absolute atomic E-state index is 5.58. The van der Waals surface area contributed by atoms with E-state index in [4.69, 9.17) is 10.5 Å². The first-order chi connectivity index (χ1) is 8.14. The van der Waals surface area contributed by atoms with Gasteiger partial charge in [0.05, 0.1) is 18.3 Å². The Balaban J connectivity index is 1.79. The molecule has 0 saturated carbocycles. The minimum atomic E-state index is 0.0806. The highest BCUT2D eigenvalue weighted by Crippen LogP contribution is 2.24. The van der Waals surface area contributed by atoms with E-state index in [9.17, 15) is 0 Å². The summed E-state index contributed by atoms with van der Waals surface area (Å²) in [5.41, 5.74) is 6.39. The maximum atomic E-state index is 5.58. The topological polar surface area (TPSA) is 78.0 Å². The second-order valence-corrected chi connectivity index (χ2v) is 4.78. The van der Waals surface area contributed by atoms with Crippen molar-refractivity contribution in [3.05, 3.63) is 11.9 Å². The standard InChI is InChI=1S/C11H21N5O/c1-9-11(2,3-6-17-9)13-4-5-16-8-10(7-12)14-15-16/h8-9,13H,3-7,12H2,1-2H3. The number of ether oxygens (including phenoxy) is 1. The summed E-state index contributed by atoms with van der Waals surface area (Å²) < 4.78 is 7.40. The quantitative estimate of drug-likeness (QED) is 0.750. The Kier molecular flexibility index (Phi) is 3.76. The molecule has 0 amide bonds. The van der Waals surface area contributed by atoms with Gasteiger partial charge in [-0.3, -0.25) is 4.68 Å². The molecule has 3 N–H and O–H groups in total. The highest BCUT2D eigenvalue weighted by Gasteiger charge is 2.36. The predicted molar refractivity (Wildman–Crippen MR) is 64.4 cm³/mol. The van der Waals surface area contributed by atoms with Crippen LogP contribution in [0.25, 0.3) is 0 Å². The molecule has 2 unspecified atom stereocenters. The van der Waals surface area contributed by atoms with Crippen molar-refractivity contribution in [2.24, 2.45) is 5.73 Å². The lowest BCUT2D eigenvalue weighted by Gasteiger charge is -2.28. The van der Waals surface area contributed by atoms with Crippen molar-refractivity contribution in [3.8, 4) is 0 Å². The van der Waals surface area contributed by atoms with E-state index in [-0.39, 0.29) is 11.6 Å². The van der Waals surface area contributed by atoms with Crippen molar-refractivity contribution in [2.45, 2.75) is 45.0 Å². The van der Waals surface area contributed by atoms with Crippen molar-refractivity contribution in [1.29, 1.82) is 0 Å². The van der Waals surface area contributed by atoms with E-state index in [1.165, 1.54) is 0 Å². The van der Waals surface area contributed by atoms with Crippen molar-refractivity contribution < 1.29 is 4.74 Å². The van der Waals surface area contributed by atoms with Crippen LogP contribution in [-0.4, -0.2) is 39.8 Å². The van der Waals surface area contributed by atoms with Gasteiger partial charge in [-0.2, -0.15) is 0 Å². The first-order valence-corrected chi connectivity index (χ1v) is 6.10. The average molecular weight is 239 g/mol. The second-order valence-electron chi connectivity index (χ2n) is 4.78. The molecule has 17 heavy (non-hydrogen) atoms. The minimum Gasteiger partial charge on any atom is -0.377 e. The van der Waals surface area contributed by atoms with Gasteiger partial charge in [0.1, 0.15) is 0 Å². The molecule has 0 aliphatic carbocycles. The molecule has 1 saturated heterocycles. The van der Waals surface area contributed by atoms with E-state index in [0.717, 1.165) is 31.8 Å². The zero-order valence-corrected chi connectivity index (χ0v) is 10.5. The Morgan fingerprint density at radius 3 is 3.12 bits per heavy atom. The smallest absolute Gasteiger partial charge is 0.0962 e. The second kappa shape index (κ2) is 5.12. The van der Waals surface area contributed by atoms with Crippen LogP contribution in [-0.2, 0) is 17.8 Å². The van der Waals surface area contributed by atoms with Gasteiger partial charge in [0.25, 0.3) is 0 Å². The highest BCUT2D eigenvalue weighted by atomic mass is 16.5. The third kappa shape index (κ3) is 2.83. The molecule has 6 nitrogen and oxygen atoms in total. The molecule has 0 radical (unpaired) electrons. The molecule has 2 rings (SSSR count). The molecule has 6 heteroatoms. The zero-order valence-electron chi connectivity index (χ0n) is 10.5. The number of nitrogens with two attached hydrogens (primary N) is 1. The van der Waals surface area contributed by atoms with Crippen LogP contribution in [0.1, 0.15) is 26.0 Å². The van der Waals surface area contributed by atoms with E-state index in [2.05, 4.69) is 29.5 Å². The molecule has 0 spiro atoms. The Labute approximate surface area is 102 Å². The number of nitrogens with zero attached hydrogens (tertiary/aromatic N) is 3. The summed E-state index contributed by atoms with van der Waals surface area (Å²) in [5.74, 6) is 0. The number of hydrogen-bond donors (Lipinski definition) is 2. The molecular formula is C11H21N5O. The number of nitrogens with one attached hydrogen (secondary N) is 1. The van der Waals surface area contributed by atoms with Gasteiger partial charge >= 0.3 is 0 Å². The lowest BCUT2D eigenvalue weighted by Crippen LogP contribution is -2.48. The van der Waals surface area contributed by atoms with Crippen molar-refractivity contribution in [2.75, 3.05) is 13.2 Å². The molecule has 1 aromatic heterocycles. The molecule has 0 bridgehead atoms. The van der Waals surface area contributed by atoms with Gasteiger partial charge in [-0.1, -0.05) is 5.21 Å². The van der Waals surface area contributed by atoms with Crippen LogP contribution in [0.5, 0.6) is 0 Å². The van der Waals surface area contributed by atoms with E-state index in [0.29, 0.717) is 6.54 Å². The van der Waals surface area contributed by atoms with Gasteiger partial charge in [-0.25, -0.2) is 0 Å². The molecule has 1 aliphatic heterocycles. The lowest BCUT2D eigenvalue weighted by molar-refractivity contribution is 0.0883. The zero-order chi connectivity index (χ0) is 12.3. The molecular weight excluding hydrogens is 218 g/mol. The molecule has 1 fully saturated rings. The predicted octanol–water partition coefficient (Wildman–Crippen LogP) is -0.106. The van der Waals surface area contributed by atoms with Gasteiger partial charge in [0.2, 0.25) is 0 Å². The normalized spacial score (nSPS) is 28.8. The third-order valence-electron chi connectivity index (χ3n) is 3.55. The summed E-state index contributed by atoms with van der Waals surface area (Å²) in [5, 5.41) is 11.5. The molecule has 2 atom stereocenters. The van der Waals surface area contributed by atoms with Crippen LogP contribution in [0.2, 0.25) is 0 Å². The number of aromatic nitrogens is 3. The number of rotatable bonds is 5. The maximum Gasteiger partial charge on any atom is 0.0962 e. The first-order valence-electron chi connectivity index (χ1n) is 6.10. The summed E-state index contributed by atoms with van der Waals surface area (Å²) in [6, 6.07) is 0. The first kappa shape index (κ1) is 12.5. The largest absolute Gasteiger partial charge is 0.377 e. The van der Waals surface area contributed by atoms with E-state index in [1.807, 2.05) is 10.9 Å². The Hall–Kier alpha value is -0.980. The van der Waals surface area contributed by atoms with Crippen LogP contribution < -0.4 is 11.1 Å². The van der Waals surface area contributed by atoms with Gasteiger partial charge < -0.3 is 15.8 Å². The fourth-order valence-electron chi connectivity index (χ4n) is 2.06. The Morgan fingerprint density at radius 2 is 2.53 bits per heavy atom. The molecule has 1 aliphatic rings. The van der Waals surface area contributed by atoms with Crippen molar-refractivity contribution in [3.63, 3.8) is 0 Å².